The van der Waals surface area contributed by atoms with E-state index >= 15 is 0 Å². The van der Waals surface area contributed by atoms with Gasteiger partial charge in [-0.2, -0.15) is 0 Å². The lowest BCUT2D eigenvalue weighted by molar-refractivity contribution is -0.137. The first-order valence-electron chi connectivity index (χ1n) is 7.12. The maximum atomic E-state index is 11.1. The van der Waals surface area contributed by atoms with E-state index < -0.39 is 9.28 Å². The summed E-state index contributed by atoms with van der Waals surface area (Å²) in [6, 6.07) is 9.96. The summed E-state index contributed by atoms with van der Waals surface area (Å²) in [5.74, 6) is -0.774. The highest BCUT2D eigenvalue weighted by Crippen LogP contribution is 2.19. The summed E-state index contributed by atoms with van der Waals surface area (Å²) >= 11 is 0. The van der Waals surface area contributed by atoms with Gasteiger partial charge in [-0.1, -0.05) is 25.1 Å². The molecule has 0 saturated heterocycles. The van der Waals surface area contributed by atoms with Gasteiger partial charge in [-0.05, 0) is 25.0 Å². The molecule has 0 fully saturated rings. The van der Waals surface area contributed by atoms with Gasteiger partial charge in [0.15, 0.2) is 0 Å². The number of anilines is 1. The predicted octanol–water partition coefficient (Wildman–Crippen LogP) is 2.62. The van der Waals surface area contributed by atoms with E-state index in [2.05, 4.69) is 5.32 Å². The third-order valence-corrected chi connectivity index (χ3v) is 5.36. The van der Waals surface area contributed by atoms with E-state index in [0.29, 0.717) is 0 Å². The Morgan fingerprint density at radius 3 is 2.24 bits per heavy atom. The molecule has 0 spiro atoms. The smallest absolute Gasteiger partial charge is 0.450 e. The summed E-state index contributed by atoms with van der Waals surface area (Å²) in [6.45, 7) is 5.47. The summed E-state index contributed by atoms with van der Waals surface area (Å²) in [5, 5.41) is 3.32. The van der Waals surface area contributed by atoms with Gasteiger partial charge in [0.05, 0.1) is 0 Å². The highest BCUT2D eigenvalue weighted by atomic mass is 28.3. The second kappa shape index (κ2) is 9.18. The summed E-state index contributed by atoms with van der Waals surface area (Å²) in [6.07, 6.45) is 1.76. The third kappa shape index (κ3) is 7.50. The van der Waals surface area contributed by atoms with Crippen LogP contribution in [-0.2, 0) is 18.4 Å². The van der Waals surface area contributed by atoms with Crippen LogP contribution in [-0.4, -0.2) is 27.8 Å². The van der Waals surface area contributed by atoms with E-state index in [9.17, 15) is 9.59 Å². The Bertz CT molecular complexity index is 436. The minimum Gasteiger partial charge on any atom is -0.487 e. The van der Waals surface area contributed by atoms with E-state index in [1.807, 2.05) is 37.3 Å². The van der Waals surface area contributed by atoms with Crippen molar-refractivity contribution in [1.29, 1.82) is 0 Å². The number of nitrogens with one attached hydrogen (secondary N) is 1. The van der Waals surface area contributed by atoms with Crippen LogP contribution in [0.5, 0.6) is 0 Å². The molecule has 0 heterocycles. The summed E-state index contributed by atoms with van der Waals surface area (Å²) in [5.41, 5.74) is 1.18. The van der Waals surface area contributed by atoms with Crippen LogP contribution in [0, 0.1) is 0 Å². The maximum absolute atomic E-state index is 11.1. The SMILES string of the molecule is CC(=O)O[SiH](OC(C)=O)C(C)CCCNc1ccccc1. The van der Waals surface area contributed by atoms with E-state index in [4.69, 9.17) is 8.85 Å². The predicted molar refractivity (Wildman–Crippen MR) is 84.3 cm³/mol. The van der Waals surface area contributed by atoms with Crippen LogP contribution in [0.3, 0.4) is 0 Å². The van der Waals surface area contributed by atoms with Crippen molar-refractivity contribution < 1.29 is 18.4 Å². The number of para-hydroxylation sites is 1. The van der Waals surface area contributed by atoms with Crippen molar-refractivity contribution in [2.75, 3.05) is 11.9 Å². The van der Waals surface area contributed by atoms with Crippen molar-refractivity contribution in [1.82, 2.24) is 0 Å². The average molecular weight is 309 g/mol. The third-order valence-electron chi connectivity index (χ3n) is 2.97. The van der Waals surface area contributed by atoms with Crippen molar-refractivity contribution in [3.8, 4) is 0 Å². The van der Waals surface area contributed by atoms with Gasteiger partial charge in [0, 0.05) is 31.6 Å². The van der Waals surface area contributed by atoms with E-state index in [0.717, 1.165) is 25.1 Å². The lowest BCUT2D eigenvalue weighted by atomic mass is 10.2. The molecule has 0 aliphatic heterocycles. The van der Waals surface area contributed by atoms with Gasteiger partial charge in [-0.3, -0.25) is 9.59 Å². The van der Waals surface area contributed by atoms with Crippen molar-refractivity contribution >= 4 is 26.9 Å². The van der Waals surface area contributed by atoms with Gasteiger partial charge in [-0.25, -0.2) is 0 Å². The highest BCUT2D eigenvalue weighted by Gasteiger charge is 2.27. The van der Waals surface area contributed by atoms with Crippen molar-refractivity contribution in [2.45, 2.75) is 39.2 Å². The number of carbonyl (C=O) groups excluding carboxylic acids is 2. The monoisotopic (exact) mass is 309 g/mol. The normalized spacial score (nSPS) is 11.8. The zero-order valence-corrected chi connectivity index (χ0v) is 14.0. The minimum absolute atomic E-state index is 0.0929. The molecule has 0 radical (unpaired) electrons. The minimum atomic E-state index is -2.29. The quantitative estimate of drug-likeness (QED) is 0.591. The standard InChI is InChI=1S/C15H23NO4Si/c1-12(21(19-13(2)17)20-14(3)18)8-7-11-16-15-9-5-4-6-10-15/h4-6,9-10,12,16,21H,7-8,11H2,1-3H3. The highest BCUT2D eigenvalue weighted by molar-refractivity contribution is 6.50. The molecule has 0 amide bonds. The molecule has 0 saturated carbocycles. The first-order chi connectivity index (χ1) is 9.99. The van der Waals surface area contributed by atoms with Gasteiger partial charge in [0.25, 0.3) is 11.9 Å². The number of benzene rings is 1. The largest absolute Gasteiger partial charge is 0.487 e. The Kier molecular flexibility index (Phi) is 7.53. The van der Waals surface area contributed by atoms with Crippen molar-refractivity contribution in [3.63, 3.8) is 0 Å². The fourth-order valence-corrected chi connectivity index (χ4v) is 3.61. The first kappa shape index (κ1) is 17.2. The second-order valence-corrected chi connectivity index (χ2v) is 7.35. The summed E-state index contributed by atoms with van der Waals surface area (Å²) in [4.78, 5) is 22.1. The Morgan fingerprint density at radius 2 is 1.71 bits per heavy atom. The molecule has 1 aromatic rings. The first-order valence-corrected chi connectivity index (χ1v) is 8.73. The molecule has 0 aliphatic carbocycles. The van der Waals surface area contributed by atoms with Crippen LogP contribution < -0.4 is 5.32 Å². The van der Waals surface area contributed by atoms with E-state index in [-0.39, 0.29) is 17.5 Å². The van der Waals surface area contributed by atoms with E-state index in [1.165, 1.54) is 13.8 Å². The average Bonchev–Trinajstić information content (AvgIpc) is 2.43. The molecule has 1 N–H and O–H groups in total. The molecule has 0 aromatic heterocycles. The number of rotatable bonds is 8. The van der Waals surface area contributed by atoms with Crippen LogP contribution in [0.2, 0.25) is 5.54 Å². The molecular weight excluding hydrogens is 286 g/mol. The Balaban J connectivity index is 2.33. The van der Waals surface area contributed by atoms with Gasteiger partial charge < -0.3 is 14.2 Å². The fourth-order valence-electron chi connectivity index (χ4n) is 1.93. The summed E-state index contributed by atoms with van der Waals surface area (Å²) in [7, 11) is -2.29. The Labute approximate surface area is 127 Å². The molecule has 1 unspecified atom stereocenters. The zero-order valence-electron chi connectivity index (χ0n) is 12.8. The summed E-state index contributed by atoms with van der Waals surface area (Å²) < 4.78 is 10.3. The van der Waals surface area contributed by atoms with E-state index in [1.54, 1.807) is 0 Å². The molecule has 0 bridgehead atoms. The molecule has 21 heavy (non-hydrogen) atoms. The van der Waals surface area contributed by atoms with Gasteiger partial charge >= 0.3 is 9.28 Å². The van der Waals surface area contributed by atoms with Crippen LogP contribution >= 0.6 is 0 Å². The van der Waals surface area contributed by atoms with Crippen LogP contribution in [0.4, 0.5) is 5.69 Å². The molecule has 1 rings (SSSR count). The molecule has 5 nitrogen and oxygen atoms in total. The van der Waals surface area contributed by atoms with Gasteiger partial charge in [-0.15, -0.1) is 0 Å². The molecule has 1 atom stereocenters. The van der Waals surface area contributed by atoms with Crippen LogP contribution in [0.25, 0.3) is 0 Å². The lowest BCUT2D eigenvalue weighted by Crippen LogP contribution is -2.31. The fraction of sp³-hybridized carbons (Fsp3) is 0.467. The number of carbonyl (C=O) groups is 2. The maximum Gasteiger partial charge on any atom is 0.450 e. The molecule has 6 heteroatoms. The molecule has 1 aromatic carbocycles. The zero-order chi connectivity index (χ0) is 15.7. The number of hydrogen-bond donors (Lipinski definition) is 1. The van der Waals surface area contributed by atoms with Crippen molar-refractivity contribution in [3.05, 3.63) is 30.3 Å². The van der Waals surface area contributed by atoms with Crippen LogP contribution in [0.1, 0.15) is 33.6 Å². The molecular formula is C15H23NO4Si. The van der Waals surface area contributed by atoms with Crippen molar-refractivity contribution in [2.24, 2.45) is 0 Å². The molecule has 116 valence electrons. The molecule has 0 aliphatic rings. The van der Waals surface area contributed by atoms with Gasteiger partial charge in [0.1, 0.15) is 0 Å². The van der Waals surface area contributed by atoms with Crippen LogP contribution in [0.15, 0.2) is 30.3 Å². The second-order valence-electron chi connectivity index (χ2n) is 5.00. The van der Waals surface area contributed by atoms with Gasteiger partial charge in [0.2, 0.25) is 0 Å². The topological polar surface area (TPSA) is 64.6 Å². The number of hydrogen-bond acceptors (Lipinski definition) is 5. The lowest BCUT2D eigenvalue weighted by Gasteiger charge is -2.20. The Morgan fingerprint density at radius 1 is 1.14 bits per heavy atom. The Hall–Kier alpha value is -1.82.